The van der Waals surface area contributed by atoms with Gasteiger partial charge in [-0.15, -0.1) is 11.8 Å². The zero-order valence-corrected chi connectivity index (χ0v) is 17.2. The molecule has 0 radical (unpaired) electrons. The molecular formula is C17H18N4O6S2. The quantitative estimate of drug-likeness (QED) is 0.195. The topological polar surface area (TPSA) is 144 Å². The van der Waals surface area contributed by atoms with Gasteiger partial charge in [0, 0.05) is 29.6 Å². The summed E-state index contributed by atoms with van der Waals surface area (Å²) in [4.78, 5) is 48.8. The highest BCUT2D eigenvalue weighted by atomic mass is 32.2. The Morgan fingerprint density at radius 2 is 2.17 bits per heavy atom. The number of thioether (sulfide) groups is 2. The van der Waals surface area contributed by atoms with Crippen molar-refractivity contribution in [3.8, 4) is 0 Å². The fraction of sp³-hybridized carbons (Fsp3) is 0.412. The number of hydrogen-bond donors (Lipinski definition) is 2. The van der Waals surface area contributed by atoms with Gasteiger partial charge in [-0.2, -0.15) is 0 Å². The maximum absolute atomic E-state index is 12.5. The first-order chi connectivity index (χ1) is 13.7. The molecule has 29 heavy (non-hydrogen) atoms. The van der Waals surface area contributed by atoms with E-state index in [1.807, 2.05) is 0 Å². The van der Waals surface area contributed by atoms with Crippen LogP contribution in [-0.4, -0.2) is 61.6 Å². The summed E-state index contributed by atoms with van der Waals surface area (Å²) in [6.45, 7) is 2.90. The zero-order valence-electron chi connectivity index (χ0n) is 15.6. The van der Waals surface area contributed by atoms with Gasteiger partial charge >= 0.3 is 5.97 Å². The number of aryl methyl sites for hydroxylation is 1. The lowest BCUT2D eigenvalue weighted by molar-refractivity contribution is -0.679. The highest BCUT2D eigenvalue weighted by Crippen LogP contribution is 2.41. The maximum atomic E-state index is 12.5. The first-order valence-electron chi connectivity index (χ1n) is 8.58. The van der Waals surface area contributed by atoms with E-state index >= 15 is 0 Å². The van der Waals surface area contributed by atoms with E-state index < -0.39 is 29.2 Å². The molecule has 1 aromatic rings. The average Bonchev–Trinajstić information content (AvgIpc) is 2.65. The monoisotopic (exact) mass is 438 g/mol. The second-order valence-corrected chi connectivity index (χ2v) is 8.67. The standard InChI is InChI=1S/C17H18N4O6S2/c1-8-3-4-12(19-21(8)27)28-6-10-7-29-16-13(18-11(23)5-9(2)22)15(24)20(16)14(10)17(25)26/h3-4,13,16H,5-7H2,1-2H3,(H,18,23)(H,25,26)/t13?,16-/m1/s1. The number of carbonyl (C=O) groups is 4. The Kier molecular flexibility index (Phi) is 6.13. The number of aliphatic carboxylic acids is 1. The van der Waals surface area contributed by atoms with Crippen LogP contribution in [0.2, 0.25) is 0 Å². The number of fused-ring (bicyclic) bond motifs is 1. The fourth-order valence-electron chi connectivity index (χ4n) is 2.94. The Hall–Kier alpha value is -2.60. The van der Waals surface area contributed by atoms with Crippen LogP contribution in [0.5, 0.6) is 0 Å². The molecule has 0 aliphatic carbocycles. The van der Waals surface area contributed by atoms with Gasteiger partial charge < -0.3 is 15.6 Å². The molecule has 2 aliphatic rings. The number of aromatic nitrogens is 2. The molecule has 0 bridgehead atoms. The van der Waals surface area contributed by atoms with Crippen LogP contribution in [0.3, 0.4) is 0 Å². The van der Waals surface area contributed by atoms with E-state index in [-0.39, 0.29) is 23.7 Å². The van der Waals surface area contributed by atoms with Crippen molar-refractivity contribution >= 4 is 47.1 Å². The first-order valence-corrected chi connectivity index (χ1v) is 10.6. The number of carboxylic acid groups (broad SMARTS) is 1. The fourth-order valence-corrected chi connectivity index (χ4v) is 5.27. The predicted octanol–water partition coefficient (Wildman–Crippen LogP) is -0.167. The number of ketones is 1. The summed E-state index contributed by atoms with van der Waals surface area (Å²) in [5.41, 5.74) is 0.871. The van der Waals surface area contributed by atoms with Crippen LogP contribution in [0.4, 0.5) is 0 Å². The number of β-lactam (4-membered cyclic amide) rings is 1. The molecule has 2 N–H and O–H groups in total. The van der Waals surface area contributed by atoms with E-state index in [1.165, 1.54) is 35.3 Å². The van der Waals surface area contributed by atoms with Crippen molar-refractivity contribution in [1.29, 1.82) is 0 Å². The van der Waals surface area contributed by atoms with Crippen LogP contribution >= 0.6 is 23.5 Å². The second-order valence-electron chi connectivity index (χ2n) is 6.57. The molecule has 2 atom stereocenters. The predicted molar refractivity (Wildman–Crippen MR) is 104 cm³/mol. The van der Waals surface area contributed by atoms with E-state index in [0.717, 1.165) is 0 Å². The van der Waals surface area contributed by atoms with Gasteiger partial charge in [-0.25, -0.2) is 4.79 Å². The number of amides is 2. The SMILES string of the molecule is CC(=O)CC(=O)NC1C(=O)N2C(C(=O)O)=C(CSc3ccc(C)[n+]([O-])n3)CS[C@H]12. The van der Waals surface area contributed by atoms with Crippen molar-refractivity contribution in [2.75, 3.05) is 11.5 Å². The van der Waals surface area contributed by atoms with Crippen molar-refractivity contribution in [1.82, 2.24) is 15.3 Å². The normalized spacial score (nSPS) is 20.8. The molecule has 0 spiro atoms. The van der Waals surface area contributed by atoms with Crippen molar-refractivity contribution in [2.24, 2.45) is 0 Å². The number of carboxylic acids is 1. The van der Waals surface area contributed by atoms with E-state index in [1.54, 1.807) is 19.1 Å². The first kappa shape index (κ1) is 21.1. The summed E-state index contributed by atoms with van der Waals surface area (Å²) in [5, 5.41) is 27.5. The van der Waals surface area contributed by atoms with Crippen LogP contribution in [0.1, 0.15) is 19.0 Å². The zero-order chi connectivity index (χ0) is 21.3. The number of rotatable bonds is 7. The number of hydrogen-bond acceptors (Lipinski definition) is 8. The van der Waals surface area contributed by atoms with Crippen LogP contribution in [0.25, 0.3) is 0 Å². The Labute approximate surface area is 174 Å². The Balaban J connectivity index is 1.73. The average molecular weight is 438 g/mol. The summed E-state index contributed by atoms with van der Waals surface area (Å²) in [6, 6.07) is 2.44. The minimum absolute atomic E-state index is 0.106. The third kappa shape index (κ3) is 4.37. The third-order valence-electron chi connectivity index (χ3n) is 4.33. The molecule has 3 rings (SSSR count). The highest BCUT2D eigenvalue weighted by Gasteiger charge is 2.54. The van der Waals surface area contributed by atoms with E-state index in [9.17, 15) is 29.5 Å². The summed E-state index contributed by atoms with van der Waals surface area (Å²) in [7, 11) is 0. The third-order valence-corrected chi connectivity index (χ3v) is 6.67. The molecule has 12 heteroatoms. The molecule has 0 saturated carbocycles. The maximum Gasteiger partial charge on any atom is 0.352 e. The van der Waals surface area contributed by atoms with Gasteiger partial charge in [-0.1, -0.05) is 16.6 Å². The summed E-state index contributed by atoms with van der Waals surface area (Å²) in [6.07, 6.45) is -0.325. The van der Waals surface area contributed by atoms with Crippen LogP contribution < -0.4 is 10.2 Å². The van der Waals surface area contributed by atoms with Gasteiger partial charge in [-0.3, -0.25) is 19.3 Å². The van der Waals surface area contributed by atoms with Gasteiger partial charge in [0.2, 0.25) is 11.6 Å². The molecule has 154 valence electrons. The number of nitrogens with one attached hydrogen (secondary N) is 1. The molecule has 1 fully saturated rings. The van der Waals surface area contributed by atoms with E-state index in [0.29, 0.717) is 26.9 Å². The van der Waals surface area contributed by atoms with Crippen molar-refractivity contribution in [3.05, 3.63) is 34.3 Å². The minimum atomic E-state index is -1.23. The number of carbonyl (C=O) groups excluding carboxylic acids is 3. The smallest absolute Gasteiger partial charge is 0.352 e. The van der Waals surface area contributed by atoms with Gasteiger partial charge in [0.25, 0.3) is 5.91 Å². The van der Waals surface area contributed by atoms with Crippen molar-refractivity contribution < 1.29 is 29.1 Å². The molecule has 0 aromatic carbocycles. The van der Waals surface area contributed by atoms with Gasteiger partial charge in [0.1, 0.15) is 22.9 Å². The number of Topliss-reactive ketones (excluding diaryl/α,β-unsaturated/α-hetero) is 1. The van der Waals surface area contributed by atoms with Gasteiger partial charge in [0.15, 0.2) is 5.03 Å². The molecule has 3 heterocycles. The van der Waals surface area contributed by atoms with Gasteiger partial charge in [0.05, 0.1) is 6.42 Å². The summed E-state index contributed by atoms with van der Waals surface area (Å²) >= 11 is 2.55. The van der Waals surface area contributed by atoms with Crippen LogP contribution in [-0.2, 0) is 19.2 Å². The van der Waals surface area contributed by atoms with Crippen LogP contribution in [0.15, 0.2) is 28.4 Å². The summed E-state index contributed by atoms with van der Waals surface area (Å²) < 4.78 is 0. The Morgan fingerprint density at radius 1 is 1.45 bits per heavy atom. The molecule has 1 saturated heterocycles. The molecule has 2 aliphatic heterocycles. The van der Waals surface area contributed by atoms with E-state index in [2.05, 4.69) is 10.4 Å². The lowest BCUT2D eigenvalue weighted by Crippen LogP contribution is -2.70. The van der Waals surface area contributed by atoms with Crippen molar-refractivity contribution in [2.45, 2.75) is 36.7 Å². The van der Waals surface area contributed by atoms with Crippen LogP contribution in [0, 0.1) is 12.1 Å². The lowest BCUT2D eigenvalue weighted by atomic mass is 10.0. The Bertz CT molecular complexity index is 934. The highest BCUT2D eigenvalue weighted by molar-refractivity contribution is 8.01. The van der Waals surface area contributed by atoms with Gasteiger partial charge in [-0.05, 0) is 18.6 Å². The van der Waals surface area contributed by atoms with Crippen molar-refractivity contribution in [3.63, 3.8) is 0 Å². The molecule has 2 amide bonds. The minimum Gasteiger partial charge on any atom is -0.594 e. The molecule has 1 aromatic heterocycles. The molecular weight excluding hydrogens is 420 g/mol. The largest absolute Gasteiger partial charge is 0.594 e. The lowest BCUT2D eigenvalue weighted by Gasteiger charge is -2.49. The summed E-state index contributed by atoms with van der Waals surface area (Å²) in [5.74, 6) is -2.03. The molecule has 10 nitrogen and oxygen atoms in total. The Morgan fingerprint density at radius 3 is 2.79 bits per heavy atom. The second kappa shape index (κ2) is 8.41. The number of nitrogens with zero attached hydrogens (tertiary/aromatic N) is 3. The van der Waals surface area contributed by atoms with E-state index in [4.69, 9.17) is 0 Å². The molecule has 1 unspecified atom stereocenters.